The third kappa shape index (κ3) is 7.44. The van der Waals surface area contributed by atoms with Gasteiger partial charge in [-0.05, 0) is 48.1 Å². The molecule has 2 atom stereocenters. The minimum atomic E-state index is -3.68. The van der Waals surface area contributed by atoms with E-state index >= 15 is 0 Å². The zero-order valence-electron chi connectivity index (χ0n) is 26.3. The maximum Gasteiger partial charge on any atom is 0.282 e. The topological polar surface area (TPSA) is 172 Å². The van der Waals surface area contributed by atoms with Gasteiger partial charge in [0.05, 0.1) is 6.10 Å². The number of rotatable bonds is 11. The highest BCUT2D eigenvalue weighted by atomic mass is 32.2. The summed E-state index contributed by atoms with van der Waals surface area (Å²) in [4.78, 5) is 31.7. The number of ketones is 1. The zero-order valence-corrected chi connectivity index (χ0v) is 27.9. The fourth-order valence-corrected chi connectivity index (χ4v) is 8.52. The molecule has 3 heterocycles. The summed E-state index contributed by atoms with van der Waals surface area (Å²) in [5.74, 6) is -0.153. The van der Waals surface area contributed by atoms with Crippen LogP contribution in [0.1, 0.15) is 74.5 Å². The third-order valence-corrected chi connectivity index (χ3v) is 11.8. The Bertz CT molecular complexity index is 1860. The lowest BCUT2D eigenvalue weighted by molar-refractivity contribution is 0.0746. The van der Waals surface area contributed by atoms with Gasteiger partial charge in [0.2, 0.25) is 0 Å². The van der Waals surface area contributed by atoms with Gasteiger partial charge in [-0.3, -0.25) is 9.59 Å². The van der Waals surface area contributed by atoms with E-state index in [-0.39, 0.29) is 36.7 Å². The smallest absolute Gasteiger partial charge is 0.282 e. The van der Waals surface area contributed by atoms with Gasteiger partial charge in [-0.15, -0.1) is 5.10 Å². The first kappa shape index (κ1) is 34.1. The molecule has 4 N–H and O–H groups in total. The van der Waals surface area contributed by atoms with E-state index in [9.17, 15) is 28.2 Å². The molecule has 2 fully saturated rings. The number of aromatic nitrogens is 3. The van der Waals surface area contributed by atoms with Crippen LogP contribution in [0.5, 0.6) is 0 Å². The van der Waals surface area contributed by atoms with E-state index in [1.54, 1.807) is 48.5 Å². The Morgan fingerprint density at radius 3 is 2.23 bits per heavy atom. The molecule has 1 aromatic heterocycles. The second kappa shape index (κ2) is 14.8. The van der Waals surface area contributed by atoms with Crippen LogP contribution in [0.3, 0.4) is 0 Å². The van der Waals surface area contributed by atoms with E-state index in [1.165, 1.54) is 31.1 Å². The predicted octanol–water partition coefficient (Wildman–Crippen LogP) is 3.12. The summed E-state index contributed by atoms with van der Waals surface area (Å²) in [7, 11) is -3.68. The van der Waals surface area contributed by atoms with Gasteiger partial charge < -0.3 is 15.9 Å². The van der Waals surface area contributed by atoms with Crippen molar-refractivity contribution in [1.29, 1.82) is 0 Å². The van der Waals surface area contributed by atoms with E-state index in [2.05, 4.69) is 5.10 Å². The first-order chi connectivity index (χ1) is 23.1. The molecule has 2 aliphatic heterocycles. The average Bonchev–Trinajstić information content (AvgIpc) is 3.77. The molecule has 2 aliphatic rings. The van der Waals surface area contributed by atoms with Gasteiger partial charge in [0.15, 0.2) is 16.8 Å². The van der Waals surface area contributed by atoms with Gasteiger partial charge in [-0.25, -0.2) is 4.98 Å². The predicted molar refractivity (Wildman–Crippen MR) is 180 cm³/mol. The first-order valence-corrected chi connectivity index (χ1v) is 18.2. The van der Waals surface area contributed by atoms with Crippen molar-refractivity contribution in [3.8, 4) is 0 Å². The van der Waals surface area contributed by atoms with Crippen LogP contribution in [0, 0.1) is 0 Å². The number of nitrogens with two attached hydrogens (primary N) is 1. The molecule has 2 unspecified atom stereocenters. The van der Waals surface area contributed by atoms with Crippen LogP contribution in [0.4, 0.5) is 0 Å². The number of carbonyl (C=O) groups excluding carboxylic acids is 2. The van der Waals surface area contributed by atoms with Crippen LogP contribution in [0.15, 0.2) is 84.0 Å². The molecule has 0 saturated carbocycles. The molecule has 2 saturated heterocycles. The summed E-state index contributed by atoms with van der Waals surface area (Å²) in [5.41, 5.74) is 8.63. The number of benzene rings is 3. The molecule has 12 nitrogen and oxygen atoms in total. The summed E-state index contributed by atoms with van der Waals surface area (Å²) in [6.07, 6.45) is -0.731. The quantitative estimate of drug-likeness (QED) is 0.157. The highest BCUT2D eigenvalue weighted by Gasteiger charge is 2.38. The molecule has 0 bridgehead atoms. The van der Waals surface area contributed by atoms with E-state index in [0.29, 0.717) is 54.6 Å². The second-order valence-corrected chi connectivity index (χ2v) is 14.9. The van der Waals surface area contributed by atoms with Gasteiger partial charge in [-0.2, -0.15) is 21.7 Å². The normalized spacial score (nSPS) is 18.6. The van der Waals surface area contributed by atoms with E-state index in [0.717, 1.165) is 11.1 Å². The molecule has 3 aromatic carbocycles. The van der Waals surface area contributed by atoms with E-state index in [1.807, 2.05) is 24.3 Å². The molecular formula is C34H38N6O6S2. The van der Waals surface area contributed by atoms with Crippen LogP contribution in [0.25, 0.3) is 0 Å². The Balaban J connectivity index is 1.23. The summed E-state index contributed by atoms with van der Waals surface area (Å²) in [6, 6.07) is 22.6. The number of aliphatic hydroxyl groups excluding tert-OH is 2. The second-order valence-electron chi connectivity index (χ2n) is 12.0. The molecule has 6 rings (SSSR count). The Labute approximate surface area is 283 Å². The summed E-state index contributed by atoms with van der Waals surface area (Å²) >= 11 is 1.35. The Hall–Kier alpha value is -3.76. The minimum absolute atomic E-state index is 0.102. The maximum absolute atomic E-state index is 14.0. The van der Waals surface area contributed by atoms with Gasteiger partial charge in [0, 0.05) is 55.5 Å². The number of hydrogen-bond acceptors (Lipinski definition) is 10. The van der Waals surface area contributed by atoms with Gasteiger partial charge in [0.25, 0.3) is 16.1 Å². The first-order valence-electron chi connectivity index (χ1n) is 15.9. The highest BCUT2D eigenvalue weighted by molar-refractivity contribution is 7.98. The molecule has 14 heteroatoms. The van der Waals surface area contributed by atoms with Crippen molar-refractivity contribution in [2.75, 3.05) is 26.2 Å². The Morgan fingerprint density at radius 2 is 1.56 bits per heavy atom. The van der Waals surface area contributed by atoms with Crippen molar-refractivity contribution < 1.29 is 28.2 Å². The van der Waals surface area contributed by atoms with Crippen molar-refractivity contribution in [1.82, 2.24) is 23.4 Å². The molecule has 4 aromatic rings. The molecule has 0 aliphatic carbocycles. The van der Waals surface area contributed by atoms with E-state index in [4.69, 9.17) is 10.7 Å². The van der Waals surface area contributed by atoms with Crippen molar-refractivity contribution in [2.45, 2.75) is 54.8 Å². The lowest BCUT2D eigenvalue weighted by Gasteiger charge is -2.32. The number of piperidine rings is 1. The van der Waals surface area contributed by atoms with E-state index < -0.39 is 34.1 Å². The summed E-state index contributed by atoms with van der Waals surface area (Å²) in [5, 5.41) is 25.8. The number of Topliss-reactive ketones (excluding diaryl/α,β-unsaturated/α-hetero) is 1. The van der Waals surface area contributed by atoms with Gasteiger partial charge >= 0.3 is 0 Å². The lowest BCUT2D eigenvalue weighted by atomic mass is 9.98. The summed E-state index contributed by atoms with van der Waals surface area (Å²) in [6.45, 7) is 1.38. The fourth-order valence-electron chi connectivity index (χ4n) is 5.93. The van der Waals surface area contributed by atoms with Gasteiger partial charge in [-0.1, -0.05) is 78.5 Å². The van der Waals surface area contributed by atoms with Crippen LogP contribution in [0.2, 0.25) is 0 Å². The Kier molecular flexibility index (Phi) is 10.5. The van der Waals surface area contributed by atoms with Crippen LogP contribution >= 0.6 is 11.8 Å². The largest absolute Gasteiger partial charge is 0.392 e. The number of thioether (sulfide) groups is 1. The number of nitrogens with zero attached hydrogens (tertiary/aromatic N) is 5. The third-order valence-electron chi connectivity index (χ3n) is 8.77. The summed E-state index contributed by atoms with van der Waals surface area (Å²) < 4.78 is 30.3. The average molecular weight is 691 g/mol. The highest BCUT2D eigenvalue weighted by Crippen LogP contribution is 2.32. The maximum atomic E-state index is 14.0. The molecule has 0 radical (unpaired) electrons. The van der Waals surface area contributed by atoms with Crippen molar-refractivity contribution in [3.63, 3.8) is 0 Å². The Morgan fingerprint density at radius 1 is 0.896 bits per heavy atom. The molecular weight excluding hydrogens is 653 g/mol. The standard InChI is InChI=1S/C34H38N6O6S2/c35-20-23-9-11-24(12-10-23)22-47-34-36-32(26-13-16-38(17-14-26)48(45,46)39-18-15-29(41)21-39)37-40(34)33(44)28-8-4-7-27(19-28)31(43)30(42)25-5-2-1-3-6-25/h1-12,19,26,29,31,41,43H,13-18,20-22,35H2. The van der Waals surface area contributed by atoms with Crippen LogP contribution in [-0.2, 0) is 22.5 Å². The van der Waals surface area contributed by atoms with Crippen molar-refractivity contribution in [3.05, 3.63) is 113 Å². The molecule has 0 amide bonds. The lowest BCUT2D eigenvalue weighted by Crippen LogP contribution is -2.46. The number of β-amino-alcohol motifs (C(OH)–C–C–N with tert-alkyl or cyclic N) is 1. The van der Waals surface area contributed by atoms with Crippen molar-refractivity contribution >= 4 is 33.7 Å². The van der Waals surface area contributed by atoms with Crippen molar-refractivity contribution in [2.24, 2.45) is 5.73 Å². The number of carbonyl (C=O) groups is 2. The number of aliphatic hydroxyl groups is 2. The molecule has 252 valence electrons. The molecule has 48 heavy (non-hydrogen) atoms. The minimum Gasteiger partial charge on any atom is -0.392 e. The monoisotopic (exact) mass is 690 g/mol. The zero-order chi connectivity index (χ0) is 33.8. The van der Waals surface area contributed by atoms with Crippen LogP contribution < -0.4 is 5.73 Å². The van der Waals surface area contributed by atoms with Gasteiger partial charge in [0.1, 0.15) is 6.10 Å². The number of hydrogen-bond donors (Lipinski definition) is 3. The van der Waals surface area contributed by atoms with Crippen LogP contribution in [-0.4, -0.2) is 86.0 Å². The fraction of sp³-hybridized carbons (Fsp3) is 0.353. The SMILES string of the molecule is NCc1ccc(CSc2nc(C3CCN(S(=O)(=O)N4CCC(O)C4)CC3)nn2C(=O)c2cccc(C(O)C(=O)c3ccccc3)c2)cc1. The molecule has 0 spiro atoms.